The summed E-state index contributed by atoms with van der Waals surface area (Å²) in [5, 5.41) is 7.59. The van der Waals surface area contributed by atoms with Gasteiger partial charge in [-0.3, -0.25) is 14.3 Å². The lowest BCUT2D eigenvalue weighted by molar-refractivity contribution is -0.121. The molecule has 0 radical (unpaired) electrons. The Morgan fingerprint density at radius 1 is 1.03 bits per heavy atom. The molecule has 0 saturated carbocycles. The molecule has 4 rings (SSSR count). The van der Waals surface area contributed by atoms with Crippen LogP contribution in [0.4, 0.5) is 5.69 Å². The highest BCUT2D eigenvalue weighted by Crippen LogP contribution is 2.23. The normalized spacial score (nSPS) is 16.2. The molecule has 2 heterocycles. The van der Waals surface area contributed by atoms with Crippen molar-refractivity contribution in [2.45, 2.75) is 33.2 Å². The Hall–Kier alpha value is -3.41. The summed E-state index contributed by atoms with van der Waals surface area (Å²) in [4.78, 5) is 27.9. The zero-order valence-corrected chi connectivity index (χ0v) is 18.0. The van der Waals surface area contributed by atoms with Gasteiger partial charge >= 0.3 is 0 Å². The zero-order valence-electron chi connectivity index (χ0n) is 18.0. The molecule has 0 bridgehead atoms. The first-order valence-electron chi connectivity index (χ1n) is 10.8. The number of hydrogen-bond donors (Lipinski definition) is 1. The SMILES string of the molecule is Cc1nn(Cc2ccccc2)c(C)c1C(=O)N1CCC[C@H](C(=O)Nc2ccccc2)C1. The Morgan fingerprint density at radius 2 is 1.71 bits per heavy atom. The topological polar surface area (TPSA) is 67.2 Å². The number of para-hydroxylation sites is 1. The molecule has 0 aliphatic carbocycles. The lowest BCUT2D eigenvalue weighted by Crippen LogP contribution is -2.44. The summed E-state index contributed by atoms with van der Waals surface area (Å²) in [5.74, 6) is -0.277. The highest BCUT2D eigenvalue weighted by atomic mass is 16.2. The van der Waals surface area contributed by atoms with Crippen molar-refractivity contribution in [2.24, 2.45) is 5.92 Å². The van der Waals surface area contributed by atoms with E-state index in [9.17, 15) is 9.59 Å². The summed E-state index contributed by atoms with van der Waals surface area (Å²) in [6, 6.07) is 19.5. The minimum absolute atomic E-state index is 0.0306. The number of carbonyl (C=O) groups excluding carboxylic acids is 2. The molecule has 1 saturated heterocycles. The minimum atomic E-state index is -0.210. The Kier molecular flexibility index (Phi) is 6.16. The van der Waals surface area contributed by atoms with Gasteiger partial charge in [0.05, 0.1) is 23.7 Å². The summed E-state index contributed by atoms with van der Waals surface area (Å²) in [6.07, 6.45) is 1.60. The summed E-state index contributed by atoms with van der Waals surface area (Å²) >= 11 is 0. The van der Waals surface area contributed by atoms with E-state index in [1.54, 1.807) is 0 Å². The molecule has 1 N–H and O–H groups in total. The van der Waals surface area contributed by atoms with Gasteiger partial charge in [-0.1, -0.05) is 48.5 Å². The first-order chi connectivity index (χ1) is 15.0. The molecular weight excluding hydrogens is 388 g/mol. The van der Waals surface area contributed by atoms with Gasteiger partial charge in [0, 0.05) is 24.5 Å². The number of anilines is 1. The van der Waals surface area contributed by atoms with Crippen LogP contribution in [0, 0.1) is 19.8 Å². The average Bonchev–Trinajstić information content (AvgIpc) is 3.07. The number of nitrogens with zero attached hydrogens (tertiary/aromatic N) is 3. The van der Waals surface area contributed by atoms with Crippen molar-refractivity contribution in [3.63, 3.8) is 0 Å². The van der Waals surface area contributed by atoms with Crippen LogP contribution in [0.5, 0.6) is 0 Å². The average molecular weight is 417 g/mol. The van der Waals surface area contributed by atoms with E-state index in [0.29, 0.717) is 25.2 Å². The molecule has 2 aromatic carbocycles. The van der Waals surface area contributed by atoms with E-state index in [1.165, 1.54) is 0 Å². The van der Waals surface area contributed by atoms with Crippen molar-refractivity contribution in [3.8, 4) is 0 Å². The molecule has 31 heavy (non-hydrogen) atoms. The number of aromatic nitrogens is 2. The maximum atomic E-state index is 13.4. The highest BCUT2D eigenvalue weighted by molar-refractivity contribution is 5.97. The molecule has 160 valence electrons. The number of amides is 2. The molecule has 1 fully saturated rings. The third kappa shape index (κ3) is 4.68. The number of piperidine rings is 1. The fraction of sp³-hybridized carbons (Fsp3) is 0.320. The lowest BCUT2D eigenvalue weighted by Gasteiger charge is -2.32. The van der Waals surface area contributed by atoms with Gasteiger partial charge in [0.25, 0.3) is 5.91 Å². The Balaban J connectivity index is 1.47. The van der Waals surface area contributed by atoms with Crippen molar-refractivity contribution in [2.75, 3.05) is 18.4 Å². The smallest absolute Gasteiger partial charge is 0.257 e. The summed E-state index contributed by atoms with van der Waals surface area (Å²) in [5.41, 5.74) is 4.17. The largest absolute Gasteiger partial charge is 0.338 e. The first-order valence-corrected chi connectivity index (χ1v) is 10.8. The van der Waals surface area contributed by atoms with Gasteiger partial charge in [-0.05, 0) is 44.4 Å². The van der Waals surface area contributed by atoms with Crippen LogP contribution in [0.3, 0.4) is 0 Å². The van der Waals surface area contributed by atoms with Crippen LogP contribution in [0.1, 0.15) is 40.2 Å². The number of nitrogens with one attached hydrogen (secondary N) is 1. The van der Waals surface area contributed by atoms with Crippen molar-refractivity contribution in [1.82, 2.24) is 14.7 Å². The number of likely N-dealkylation sites (tertiary alicyclic amines) is 1. The lowest BCUT2D eigenvalue weighted by atomic mass is 9.96. The Labute approximate surface area is 182 Å². The molecule has 0 unspecified atom stereocenters. The van der Waals surface area contributed by atoms with Crippen LogP contribution in [-0.4, -0.2) is 39.6 Å². The van der Waals surface area contributed by atoms with Crippen LogP contribution < -0.4 is 5.32 Å². The second-order valence-corrected chi connectivity index (χ2v) is 8.13. The maximum absolute atomic E-state index is 13.4. The number of rotatable bonds is 5. The molecule has 3 aromatic rings. The summed E-state index contributed by atoms with van der Waals surface area (Å²) < 4.78 is 1.89. The van der Waals surface area contributed by atoms with Gasteiger partial charge in [0.15, 0.2) is 0 Å². The minimum Gasteiger partial charge on any atom is -0.338 e. The number of hydrogen-bond acceptors (Lipinski definition) is 3. The summed E-state index contributed by atoms with van der Waals surface area (Å²) in [6.45, 7) is 5.55. The molecular formula is C25H28N4O2. The standard InChI is InChI=1S/C25H28N4O2/c1-18-23(19(2)29(27-18)16-20-10-5-3-6-11-20)25(31)28-15-9-12-21(17-28)24(30)26-22-13-7-4-8-14-22/h3-8,10-11,13-14,21H,9,12,15-17H2,1-2H3,(H,26,30)/t21-/m0/s1. The third-order valence-electron chi connectivity index (χ3n) is 5.89. The highest BCUT2D eigenvalue weighted by Gasteiger charge is 2.31. The van der Waals surface area contributed by atoms with Crippen molar-refractivity contribution in [3.05, 3.63) is 83.2 Å². The maximum Gasteiger partial charge on any atom is 0.257 e. The molecule has 6 nitrogen and oxygen atoms in total. The van der Waals surface area contributed by atoms with Crippen molar-refractivity contribution < 1.29 is 9.59 Å². The second-order valence-electron chi connectivity index (χ2n) is 8.13. The van der Waals surface area contributed by atoms with E-state index in [0.717, 1.165) is 35.5 Å². The van der Waals surface area contributed by atoms with E-state index in [2.05, 4.69) is 22.5 Å². The fourth-order valence-electron chi connectivity index (χ4n) is 4.22. The molecule has 1 aliphatic rings. The Morgan fingerprint density at radius 3 is 2.42 bits per heavy atom. The van der Waals surface area contributed by atoms with Gasteiger partial charge in [-0.25, -0.2) is 0 Å². The molecule has 2 amide bonds. The number of aryl methyl sites for hydroxylation is 1. The van der Waals surface area contributed by atoms with Gasteiger partial charge in [0.1, 0.15) is 0 Å². The molecule has 6 heteroatoms. The van der Waals surface area contributed by atoms with Gasteiger partial charge in [0.2, 0.25) is 5.91 Å². The summed E-state index contributed by atoms with van der Waals surface area (Å²) in [7, 11) is 0. The second kappa shape index (κ2) is 9.16. The first kappa shape index (κ1) is 20.8. The van der Waals surface area contributed by atoms with E-state index in [4.69, 9.17) is 0 Å². The van der Waals surface area contributed by atoms with Crippen LogP contribution >= 0.6 is 0 Å². The number of carbonyl (C=O) groups is 2. The quantitative estimate of drug-likeness (QED) is 0.683. The molecule has 1 aromatic heterocycles. The molecule has 1 atom stereocenters. The predicted octanol–water partition coefficient (Wildman–Crippen LogP) is 4.04. The van der Waals surface area contributed by atoms with Crippen LogP contribution in [-0.2, 0) is 11.3 Å². The van der Waals surface area contributed by atoms with Gasteiger partial charge in [-0.2, -0.15) is 5.10 Å². The number of benzene rings is 2. The predicted molar refractivity (Wildman–Crippen MR) is 121 cm³/mol. The van der Waals surface area contributed by atoms with Gasteiger partial charge < -0.3 is 10.2 Å². The van der Waals surface area contributed by atoms with E-state index in [-0.39, 0.29) is 17.7 Å². The van der Waals surface area contributed by atoms with E-state index in [1.807, 2.05) is 72.0 Å². The van der Waals surface area contributed by atoms with Crippen molar-refractivity contribution in [1.29, 1.82) is 0 Å². The monoisotopic (exact) mass is 416 g/mol. The van der Waals surface area contributed by atoms with E-state index >= 15 is 0 Å². The Bertz CT molecular complexity index is 1060. The van der Waals surface area contributed by atoms with Crippen molar-refractivity contribution >= 4 is 17.5 Å². The third-order valence-corrected chi connectivity index (χ3v) is 5.89. The molecule has 0 spiro atoms. The zero-order chi connectivity index (χ0) is 21.8. The van der Waals surface area contributed by atoms with Crippen LogP contribution in [0.15, 0.2) is 60.7 Å². The molecule has 1 aliphatic heterocycles. The fourth-order valence-corrected chi connectivity index (χ4v) is 4.22. The van der Waals surface area contributed by atoms with Crippen LogP contribution in [0.2, 0.25) is 0 Å². The van der Waals surface area contributed by atoms with E-state index < -0.39 is 0 Å². The van der Waals surface area contributed by atoms with Crippen LogP contribution in [0.25, 0.3) is 0 Å². The van der Waals surface area contributed by atoms with Gasteiger partial charge in [-0.15, -0.1) is 0 Å².